The van der Waals surface area contributed by atoms with E-state index in [1.165, 1.54) is 0 Å². The fourth-order valence-electron chi connectivity index (χ4n) is 1.31. The first-order valence-electron chi connectivity index (χ1n) is 5.07. The topological polar surface area (TPSA) is 45.1 Å². The summed E-state index contributed by atoms with van der Waals surface area (Å²) in [6.07, 6.45) is 3.59. The zero-order valence-electron chi connectivity index (χ0n) is 9.07. The lowest BCUT2D eigenvalue weighted by atomic mass is 10.1. The van der Waals surface area contributed by atoms with Crippen LogP contribution in [0.25, 0.3) is 0 Å². The van der Waals surface area contributed by atoms with Crippen molar-refractivity contribution >= 4 is 15.9 Å². The molecule has 1 aromatic heterocycles. The quantitative estimate of drug-likeness (QED) is 0.862. The second-order valence-corrected chi connectivity index (χ2v) is 4.84. The molecule has 0 aliphatic heterocycles. The molecular weight excluding hydrogens is 256 g/mol. The van der Waals surface area contributed by atoms with Crippen LogP contribution in [-0.4, -0.2) is 22.7 Å². The van der Waals surface area contributed by atoms with Gasteiger partial charge in [-0.2, -0.15) is 0 Å². The van der Waals surface area contributed by atoms with Gasteiger partial charge in [0.2, 0.25) is 0 Å². The number of nitrogens with zero attached hydrogens (tertiary/aromatic N) is 1. The molecule has 0 aliphatic carbocycles. The van der Waals surface area contributed by atoms with Gasteiger partial charge in [0.05, 0.1) is 6.61 Å². The second kappa shape index (κ2) is 6.20. The van der Waals surface area contributed by atoms with Crippen LogP contribution in [0.15, 0.2) is 22.9 Å². The molecule has 1 aromatic rings. The van der Waals surface area contributed by atoms with E-state index in [4.69, 9.17) is 5.11 Å². The molecule has 0 aromatic carbocycles. The highest BCUT2D eigenvalue weighted by atomic mass is 79.9. The van der Waals surface area contributed by atoms with Crippen molar-refractivity contribution in [1.82, 2.24) is 10.3 Å². The van der Waals surface area contributed by atoms with Gasteiger partial charge in [-0.15, -0.1) is 0 Å². The van der Waals surface area contributed by atoms with E-state index >= 15 is 0 Å². The van der Waals surface area contributed by atoms with Gasteiger partial charge in [0.15, 0.2) is 0 Å². The van der Waals surface area contributed by atoms with Crippen molar-refractivity contribution in [1.29, 1.82) is 0 Å². The van der Waals surface area contributed by atoms with Gasteiger partial charge in [-0.1, -0.05) is 13.8 Å². The molecule has 1 unspecified atom stereocenters. The van der Waals surface area contributed by atoms with Gasteiger partial charge in [-0.25, -0.2) is 0 Å². The molecule has 0 aliphatic rings. The Morgan fingerprint density at radius 3 is 2.73 bits per heavy atom. The van der Waals surface area contributed by atoms with E-state index in [-0.39, 0.29) is 12.6 Å². The highest BCUT2D eigenvalue weighted by Crippen LogP contribution is 2.10. The minimum atomic E-state index is 0.143. The maximum atomic E-state index is 9.14. The molecule has 0 radical (unpaired) electrons. The third-order valence-electron chi connectivity index (χ3n) is 2.33. The van der Waals surface area contributed by atoms with Crippen LogP contribution in [0.2, 0.25) is 0 Å². The molecule has 1 rings (SSSR count). The van der Waals surface area contributed by atoms with Gasteiger partial charge in [0.1, 0.15) is 0 Å². The van der Waals surface area contributed by atoms with Gasteiger partial charge in [0.25, 0.3) is 0 Å². The molecule has 0 saturated heterocycles. The van der Waals surface area contributed by atoms with Gasteiger partial charge >= 0.3 is 0 Å². The SMILES string of the molecule is CC(C)C(CO)NCc1cncc(Br)c1. The Bertz CT molecular complexity index is 304. The first kappa shape index (κ1) is 12.6. The van der Waals surface area contributed by atoms with Gasteiger partial charge in [-0.3, -0.25) is 4.98 Å². The lowest BCUT2D eigenvalue weighted by Crippen LogP contribution is -2.36. The Balaban J connectivity index is 2.49. The number of halogens is 1. The largest absolute Gasteiger partial charge is 0.395 e. The summed E-state index contributed by atoms with van der Waals surface area (Å²) >= 11 is 3.38. The third-order valence-corrected chi connectivity index (χ3v) is 2.76. The van der Waals surface area contributed by atoms with Crippen LogP contribution in [0.5, 0.6) is 0 Å². The number of nitrogens with one attached hydrogen (secondary N) is 1. The molecule has 0 spiro atoms. The molecule has 84 valence electrons. The molecule has 15 heavy (non-hydrogen) atoms. The molecule has 4 heteroatoms. The Morgan fingerprint density at radius 2 is 2.20 bits per heavy atom. The summed E-state index contributed by atoms with van der Waals surface area (Å²) in [6.45, 7) is 5.08. The van der Waals surface area contributed by atoms with Gasteiger partial charge in [-0.05, 0) is 33.5 Å². The first-order valence-corrected chi connectivity index (χ1v) is 5.86. The van der Waals surface area contributed by atoms with Crippen molar-refractivity contribution in [2.45, 2.75) is 26.4 Å². The summed E-state index contributed by atoms with van der Waals surface area (Å²) in [5, 5.41) is 12.4. The Kier molecular flexibility index (Phi) is 5.22. The predicted octanol–water partition coefficient (Wildman–Crippen LogP) is 1.95. The van der Waals surface area contributed by atoms with E-state index in [1.807, 2.05) is 12.3 Å². The number of rotatable bonds is 5. The number of aliphatic hydroxyl groups is 1. The van der Waals surface area contributed by atoms with Crippen LogP contribution in [0.3, 0.4) is 0 Å². The second-order valence-electron chi connectivity index (χ2n) is 3.93. The van der Waals surface area contributed by atoms with E-state index in [2.05, 4.69) is 40.1 Å². The Hall–Kier alpha value is -0.450. The molecule has 1 atom stereocenters. The van der Waals surface area contributed by atoms with Crippen molar-refractivity contribution in [2.75, 3.05) is 6.61 Å². The molecule has 0 amide bonds. The lowest BCUT2D eigenvalue weighted by Gasteiger charge is -2.19. The number of aliphatic hydroxyl groups excluding tert-OH is 1. The third kappa shape index (κ3) is 4.28. The van der Waals surface area contributed by atoms with Crippen LogP contribution < -0.4 is 5.32 Å². The predicted molar refractivity (Wildman–Crippen MR) is 64.5 cm³/mol. The van der Waals surface area contributed by atoms with Crippen LogP contribution in [0.1, 0.15) is 19.4 Å². The van der Waals surface area contributed by atoms with Crippen LogP contribution >= 0.6 is 15.9 Å². The summed E-state index contributed by atoms with van der Waals surface area (Å²) in [6, 6.07) is 2.17. The number of hydrogen-bond donors (Lipinski definition) is 2. The number of pyridine rings is 1. The summed E-state index contributed by atoms with van der Waals surface area (Å²) in [5.74, 6) is 0.426. The average molecular weight is 273 g/mol. The summed E-state index contributed by atoms with van der Waals surface area (Å²) in [7, 11) is 0. The van der Waals surface area contributed by atoms with E-state index in [9.17, 15) is 0 Å². The van der Waals surface area contributed by atoms with Crippen molar-refractivity contribution in [3.05, 3.63) is 28.5 Å². The molecule has 0 saturated carbocycles. The fraction of sp³-hybridized carbons (Fsp3) is 0.545. The fourth-order valence-corrected chi connectivity index (χ4v) is 1.72. The van der Waals surface area contributed by atoms with E-state index in [0.29, 0.717) is 5.92 Å². The Labute approximate surface area is 99.1 Å². The van der Waals surface area contributed by atoms with Gasteiger partial charge < -0.3 is 10.4 Å². The summed E-state index contributed by atoms with van der Waals surface area (Å²) in [4.78, 5) is 4.08. The number of hydrogen-bond acceptors (Lipinski definition) is 3. The Morgan fingerprint density at radius 1 is 1.47 bits per heavy atom. The monoisotopic (exact) mass is 272 g/mol. The normalized spacial score (nSPS) is 13.1. The van der Waals surface area contributed by atoms with E-state index in [0.717, 1.165) is 16.6 Å². The maximum Gasteiger partial charge on any atom is 0.0587 e. The highest BCUT2D eigenvalue weighted by Gasteiger charge is 2.10. The van der Waals surface area contributed by atoms with E-state index in [1.54, 1.807) is 6.20 Å². The van der Waals surface area contributed by atoms with Crippen molar-refractivity contribution in [3.8, 4) is 0 Å². The summed E-state index contributed by atoms with van der Waals surface area (Å²) in [5.41, 5.74) is 1.11. The minimum absolute atomic E-state index is 0.143. The maximum absolute atomic E-state index is 9.14. The first-order chi connectivity index (χ1) is 7.13. The molecule has 1 heterocycles. The van der Waals surface area contributed by atoms with Crippen LogP contribution in [0, 0.1) is 5.92 Å². The molecule has 3 nitrogen and oxygen atoms in total. The van der Waals surface area contributed by atoms with Crippen LogP contribution in [-0.2, 0) is 6.54 Å². The summed E-state index contributed by atoms with van der Waals surface area (Å²) < 4.78 is 0.979. The van der Waals surface area contributed by atoms with E-state index < -0.39 is 0 Å². The zero-order chi connectivity index (χ0) is 11.3. The van der Waals surface area contributed by atoms with Crippen molar-refractivity contribution in [2.24, 2.45) is 5.92 Å². The molecular formula is C11H17BrN2O. The lowest BCUT2D eigenvalue weighted by molar-refractivity contribution is 0.210. The minimum Gasteiger partial charge on any atom is -0.395 e. The smallest absolute Gasteiger partial charge is 0.0587 e. The number of aromatic nitrogens is 1. The molecule has 2 N–H and O–H groups in total. The average Bonchev–Trinajstić information content (AvgIpc) is 2.18. The van der Waals surface area contributed by atoms with Gasteiger partial charge in [0, 0.05) is 29.5 Å². The van der Waals surface area contributed by atoms with Crippen molar-refractivity contribution < 1.29 is 5.11 Å². The molecule has 0 fully saturated rings. The molecule has 0 bridgehead atoms. The highest BCUT2D eigenvalue weighted by molar-refractivity contribution is 9.10. The standard InChI is InChI=1S/C11H17BrN2O/c1-8(2)11(7-15)14-5-9-3-10(12)6-13-4-9/h3-4,6,8,11,14-15H,5,7H2,1-2H3. The van der Waals surface area contributed by atoms with Crippen molar-refractivity contribution in [3.63, 3.8) is 0 Å². The van der Waals surface area contributed by atoms with Crippen LogP contribution in [0.4, 0.5) is 0 Å². The zero-order valence-corrected chi connectivity index (χ0v) is 10.7.